The third kappa shape index (κ3) is 2.25. The molecule has 82 valence electrons. The summed E-state index contributed by atoms with van der Waals surface area (Å²) >= 11 is 5.88. The maximum atomic E-state index is 5.88. The van der Waals surface area contributed by atoms with E-state index < -0.39 is 0 Å². The predicted molar refractivity (Wildman–Crippen MR) is 65.7 cm³/mol. The van der Waals surface area contributed by atoms with E-state index in [0.717, 1.165) is 28.3 Å². The Labute approximate surface area is 99.6 Å². The fourth-order valence-corrected chi connectivity index (χ4v) is 1.74. The van der Waals surface area contributed by atoms with E-state index in [9.17, 15) is 0 Å². The fourth-order valence-electron chi connectivity index (χ4n) is 1.58. The van der Waals surface area contributed by atoms with Gasteiger partial charge in [-0.1, -0.05) is 11.6 Å². The van der Waals surface area contributed by atoms with Gasteiger partial charge in [-0.05, 0) is 24.7 Å². The molecule has 1 aromatic heterocycles. The van der Waals surface area contributed by atoms with E-state index >= 15 is 0 Å². The van der Waals surface area contributed by atoms with Crippen molar-refractivity contribution in [2.75, 3.05) is 6.54 Å². The van der Waals surface area contributed by atoms with Crippen LogP contribution in [-0.2, 0) is 13.5 Å². The predicted octanol–water partition coefficient (Wildman–Crippen LogP) is 2.15. The highest BCUT2D eigenvalue weighted by Crippen LogP contribution is 2.19. The van der Waals surface area contributed by atoms with Gasteiger partial charge in [-0.15, -0.1) is 12.4 Å². The summed E-state index contributed by atoms with van der Waals surface area (Å²) in [5.41, 5.74) is 7.53. The van der Waals surface area contributed by atoms with Gasteiger partial charge in [0.2, 0.25) is 0 Å². The topological polar surface area (TPSA) is 43.8 Å². The van der Waals surface area contributed by atoms with Crippen LogP contribution in [0.3, 0.4) is 0 Å². The summed E-state index contributed by atoms with van der Waals surface area (Å²) in [4.78, 5) is 4.46. The third-order valence-electron chi connectivity index (χ3n) is 2.30. The smallest absolute Gasteiger partial charge is 0.110 e. The molecule has 2 aromatic rings. The zero-order valence-electron chi connectivity index (χ0n) is 8.40. The average molecular weight is 246 g/mol. The summed E-state index contributed by atoms with van der Waals surface area (Å²) in [7, 11) is 1.99. The molecule has 15 heavy (non-hydrogen) atoms. The van der Waals surface area contributed by atoms with E-state index in [2.05, 4.69) is 9.55 Å². The van der Waals surface area contributed by atoms with E-state index in [4.69, 9.17) is 17.3 Å². The molecule has 0 amide bonds. The maximum Gasteiger partial charge on any atom is 0.110 e. The van der Waals surface area contributed by atoms with Crippen LogP contribution in [0, 0.1) is 0 Å². The van der Waals surface area contributed by atoms with Gasteiger partial charge in [0.1, 0.15) is 5.82 Å². The molecule has 0 saturated carbocycles. The Morgan fingerprint density at radius 3 is 2.87 bits per heavy atom. The number of hydrogen-bond donors (Lipinski definition) is 1. The molecule has 0 saturated heterocycles. The number of halogens is 2. The van der Waals surface area contributed by atoms with E-state index in [1.165, 1.54) is 0 Å². The Morgan fingerprint density at radius 2 is 2.20 bits per heavy atom. The molecule has 0 aliphatic carbocycles. The summed E-state index contributed by atoms with van der Waals surface area (Å²) in [6.45, 7) is 0.616. The zero-order chi connectivity index (χ0) is 10.1. The van der Waals surface area contributed by atoms with E-state index in [1.807, 2.05) is 25.2 Å². The molecule has 0 spiro atoms. The van der Waals surface area contributed by atoms with E-state index in [-0.39, 0.29) is 12.4 Å². The van der Waals surface area contributed by atoms with Crippen molar-refractivity contribution in [2.24, 2.45) is 12.8 Å². The second kappa shape index (κ2) is 4.84. The number of benzene rings is 1. The maximum absolute atomic E-state index is 5.88. The van der Waals surface area contributed by atoms with Gasteiger partial charge in [-0.3, -0.25) is 0 Å². The standard InChI is InChI=1S/C10H12ClN3.ClH/c1-14-9-3-2-7(11)6-8(9)13-10(14)4-5-12;/h2-3,6H,4-5,12H2,1H3;1H. The van der Waals surface area contributed by atoms with Crippen LogP contribution in [0.2, 0.25) is 5.02 Å². The molecule has 0 aliphatic heterocycles. The molecule has 2 rings (SSSR count). The Morgan fingerprint density at radius 1 is 1.47 bits per heavy atom. The van der Waals surface area contributed by atoms with Crippen LogP contribution >= 0.6 is 24.0 Å². The Hall–Kier alpha value is -0.770. The lowest BCUT2D eigenvalue weighted by Gasteiger charge is -1.99. The second-order valence-corrected chi connectivity index (χ2v) is 3.70. The minimum absolute atomic E-state index is 0. The van der Waals surface area contributed by atoms with Crippen LogP contribution in [0.15, 0.2) is 18.2 Å². The van der Waals surface area contributed by atoms with Gasteiger partial charge in [0.15, 0.2) is 0 Å². The van der Waals surface area contributed by atoms with Crippen molar-refractivity contribution in [1.82, 2.24) is 9.55 Å². The number of aryl methyl sites for hydroxylation is 1. The van der Waals surface area contributed by atoms with Gasteiger partial charge >= 0.3 is 0 Å². The monoisotopic (exact) mass is 245 g/mol. The number of aromatic nitrogens is 2. The first kappa shape index (κ1) is 12.3. The number of rotatable bonds is 2. The van der Waals surface area contributed by atoms with Crippen LogP contribution in [-0.4, -0.2) is 16.1 Å². The van der Waals surface area contributed by atoms with Crippen molar-refractivity contribution in [3.8, 4) is 0 Å². The number of imidazole rings is 1. The highest BCUT2D eigenvalue weighted by atomic mass is 35.5. The number of nitrogens with zero attached hydrogens (tertiary/aromatic N) is 2. The lowest BCUT2D eigenvalue weighted by molar-refractivity contribution is 0.794. The van der Waals surface area contributed by atoms with Gasteiger partial charge in [0.05, 0.1) is 11.0 Å². The molecule has 0 radical (unpaired) electrons. The fraction of sp³-hybridized carbons (Fsp3) is 0.300. The quantitative estimate of drug-likeness (QED) is 0.882. The largest absolute Gasteiger partial charge is 0.331 e. The minimum atomic E-state index is 0. The van der Waals surface area contributed by atoms with Gasteiger partial charge < -0.3 is 10.3 Å². The van der Waals surface area contributed by atoms with E-state index in [0.29, 0.717) is 6.54 Å². The summed E-state index contributed by atoms with van der Waals surface area (Å²) in [5, 5.41) is 0.717. The van der Waals surface area contributed by atoms with Gasteiger partial charge in [0, 0.05) is 18.5 Å². The van der Waals surface area contributed by atoms with Crippen LogP contribution in [0.1, 0.15) is 5.82 Å². The highest BCUT2D eigenvalue weighted by molar-refractivity contribution is 6.31. The second-order valence-electron chi connectivity index (χ2n) is 3.26. The molecule has 5 heteroatoms. The van der Waals surface area contributed by atoms with Crippen LogP contribution in [0.5, 0.6) is 0 Å². The third-order valence-corrected chi connectivity index (χ3v) is 2.54. The molecule has 0 unspecified atom stereocenters. The Kier molecular flexibility index (Phi) is 3.97. The molecule has 0 atom stereocenters. The average Bonchev–Trinajstić information content (AvgIpc) is 2.44. The zero-order valence-corrected chi connectivity index (χ0v) is 9.98. The summed E-state index contributed by atoms with van der Waals surface area (Å²) in [6.07, 6.45) is 0.794. The van der Waals surface area contributed by atoms with E-state index in [1.54, 1.807) is 0 Å². The molecule has 0 fully saturated rings. The summed E-state index contributed by atoms with van der Waals surface area (Å²) < 4.78 is 2.05. The van der Waals surface area contributed by atoms with Gasteiger partial charge in [-0.25, -0.2) is 4.98 Å². The number of fused-ring (bicyclic) bond motifs is 1. The molecular formula is C10H13Cl2N3. The SMILES string of the molecule is Cl.Cn1c(CCN)nc2cc(Cl)ccc21. The molecule has 1 heterocycles. The van der Waals surface area contributed by atoms with Crippen molar-refractivity contribution in [2.45, 2.75) is 6.42 Å². The van der Waals surface area contributed by atoms with Crippen molar-refractivity contribution >= 4 is 35.0 Å². The van der Waals surface area contributed by atoms with Crippen molar-refractivity contribution in [1.29, 1.82) is 0 Å². The first-order valence-electron chi connectivity index (χ1n) is 4.53. The Balaban J connectivity index is 0.00000112. The summed E-state index contributed by atoms with van der Waals surface area (Å²) in [6, 6.07) is 5.72. The first-order chi connectivity index (χ1) is 6.72. The molecule has 1 aromatic carbocycles. The van der Waals surface area contributed by atoms with Crippen molar-refractivity contribution in [3.05, 3.63) is 29.0 Å². The molecular weight excluding hydrogens is 233 g/mol. The highest BCUT2D eigenvalue weighted by Gasteiger charge is 2.06. The van der Waals surface area contributed by atoms with Gasteiger partial charge in [0.25, 0.3) is 0 Å². The molecule has 0 bridgehead atoms. The van der Waals surface area contributed by atoms with Crippen LogP contribution in [0.25, 0.3) is 11.0 Å². The normalized spacial score (nSPS) is 10.3. The Bertz CT molecular complexity index is 465. The van der Waals surface area contributed by atoms with Crippen molar-refractivity contribution in [3.63, 3.8) is 0 Å². The van der Waals surface area contributed by atoms with Crippen molar-refractivity contribution < 1.29 is 0 Å². The number of nitrogens with two attached hydrogens (primary N) is 1. The number of hydrogen-bond acceptors (Lipinski definition) is 2. The minimum Gasteiger partial charge on any atom is -0.331 e. The van der Waals surface area contributed by atoms with Gasteiger partial charge in [-0.2, -0.15) is 0 Å². The molecule has 3 nitrogen and oxygen atoms in total. The summed E-state index contributed by atoms with van der Waals surface area (Å²) in [5.74, 6) is 1.00. The first-order valence-corrected chi connectivity index (χ1v) is 4.91. The van der Waals surface area contributed by atoms with Crippen LogP contribution < -0.4 is 5.73 Å². The van der Waals surface area contributed by atoms with Crippen LogP contribution in [0.4, 0.5) is 0 Å². The lowest BCUT2D eigenvalue weighted by Crippen LogP contribution is -2.07. The molecule has 2 N–H and O–H groups in total. The molecule has 0 aliphatic rings. The lowest BCUT2D eigenvalue weighted by atomic mass is 10.3.